The van der Waals surface area contributed by atoms with Crippen molar-refractivity contribution in [2.75, 3.05) is 0 Å². The maximum Gasteiger partial charge on any atom is 0.119 e. The molecule has 3 saturated carbocycles. The number of allylic oxidation sites excluding steroid dienone is 1. The van der Waals surface area contributed by atoms with E-state index in [1.807, 2.05) is 0 Å². The summed E-state index contributed by atoms with van der Waals surface area (Å²) in [5, 5.41) is 0. The summed E-state index contributed by atoms with van der Waals surface area (Å²) in [6.07, 6.45) is 13.6. The van der Waals surface area contributed by atoms with Gasteiger partial charge in [0.15, 0.2) is 0 Å². The molecule has 5 rings (SSSR count). The van der Waals surface area contributed by atoms with Gasteiger partial charge in [0.1, 0.15) is 11.9 Å². The Bertz CT molecular complexity index is 821. The van der Waals surface area contributed by atoms with E-state index in [9.17, 15) is 0 Å². The van der Waals surface area contributed by atoms with Crippen molar-refractivity contribution >= 4 is 0 Å². The highest BCUT2D eigenvalue weighted by Gasteiger charge is 2.59. The molecule has 0 unspecified atom stereocenters. The summed E-state index contributed by atoms with van der Waals surface area (Å²) in [5.41, 5.74) is 2.39. The number of benzene rings is 1. The third kappa shape index (κ3) is 3.77. The average Bonchev–Trinajstić information content (AvgIpc) is 3.04. The quantitative estimate of drug-likeness (QED) is 0.467. The predicted octanol–water partition coefficient (Wildman–Crippen LogP) is 7.58. The van der Waals surface area contributed by atoms with Gasteiger partial charge < -0.3 is 9.47 Å². The van der Waals surface area contributed by atoms with E-state index < -0.39 is 0 Å². The summed E-state index contributed by atoms with van der Waals surface area (Å²) < 4.78 is 13.0. The van der Waals surface area contributed by atoms with E-state index in [2.05, 4.69) is 71.0 Å². The molecule has 0 saturated heterocycles. The number of para-hydroxylation sites is 1. The number of rotatable bonds is 3. The molecule has 0 aromatic heterocycles. The standard InChI is InChI=1S/C29H42O2/c1-27(2,3)31-22-15-17-28(4)20(19-22)11-12-23-24-13-14-26(29(24,5)18-16-25(23)28)30-21-9-7-6-8-10-21/h6-11,22-26H,12-19H2,1-5H3/t22-,23+,24-,25+,26-,28-,29-/m0/s1. The highest BCUT2D eigenvalue weighted by molar-refractivity contribution is 5.26. The molecule has 0 bridgehead atoms. The van der Waals surface area contributed by atoms with Gasteiger partial charge >= 0.3 is 0 Å². The van der Waals surface area contributed by atoms with Crippen LogP contribution < -0.4 is 4.74 Å². The molecule has 2 heteroatoms. The summed E-state index contributed by atoms with van der Waals surface area (Å²) in [5.74, 6) is 3.53. The molecule has 31 heavy (non-hydrogen) atoms. The topological polar surface area (TPSA) is 18.5 Å². The van der Waals surface area contributed by atoms with Crippen molar-refractivity contribution in [1.82, 2.24) is 0 Å². The molecule has 3 fully saturated rings. The number of fused-ring (bicyclic) bond motifs is 5. The summed E-state index contributed by atoms with van der Waals surface area (Å²) in [6.45, 7) is 11.7. The van der Waals surface area contributed by atoms with Crippen LogP contribution in [0.1, 0.15) is 86.0 Å². The van der Waals surface area contributed by atoms with E-state index in [0.717, 1.165) is 29.9 Å². The van der Waals surface area contributed by atoms with Crippen LogP contribution in [0.25, 0.3) is 0 Å². The van der Waals surface area contributed by atoms with Crippen LogP contribution in [0.4, 0.5) is 0 Å². The smallest absolute Gasteiger partial charge is 0.119 e. The molecule has 0 radical (unpaired) electrons. The molecule has 0 aliphatic heterocycles. The van der Waals surface area contributed by atoms with Crippen LogP contribution in [-0.2, 0) is 4.74 Å². The predicted molar refractivity (Wildman–Crippen MR) is 127 cm³/mol. The molecule has 0 N–H and O–H groups in total. The van der Waals surface area contributed by atoms with Crippen molar-refractivity contribution in [3.63, 3.8) is 0 Å². The van der Waals surface area contributed by atoms with Crippen molar-refractivity contribution in [2.24, 2.45) is 28.6 Å². The van der Waals surface area contributed by atoms with Crippen LogP contribution in [0.2, 0.25) is 0 Å². The molecule has 1 aromatic carbocycles. The van der Waals surface area contributed by atoms with Crippen LogP contribution in [-0.4, -0.2) is 17.8 Å². The Labute approximate surface area is 189 Å². The lowest BCUT2D eigenvalue weighted by Gasteiger charge is -2.58. The van der Waals surface area contributed by atoms with E-state index in [-0.39, 0.29) is 5.60 Å². The minimum absolute atomic E-state index is 0.0412. The van der Waals surface area contributed by atoms with Gasteiger partial charge in [-0.25, -0.2) is 0 Å². The molecule has 0 heterocycles. The number of hydrogen-bond acceptors (Lipinski definition) is 2. The molecule has 2 nitrogen and oxygen atoms in total. The second-order valence-corrected chi connectivity index (χ2v) is 12.4. The van der Waals surface area contributed by atoms with E-state index in [1.54, 1.807) is 5.57 Å². The zero-order valence-corrected chi connectivity index (χ0v) is 20.3. The fourth-order valence-corrected chi connectivity index (χ4v) is 8.04. The molecular formula is C29H42O2. The van der Waals surface area contributed by atoms with Gasteiger partial charge in [-0.2, -0.15) is 0 Å². The Hall–Kier alpha value is -1.28. The second-order valence-electron chi connectivity index (χ2n) is 12.4. The van der Waals surface area contributed by atoms with Crippen molar-refractivity contribution < 1.29 is 9.47 Å². The first-order valence-electron chi connectivity index (χ1n) is 12.8. The minimum atomic E-state index is -0.0412. The Kier molecular flexibility index (Phi) is 5.32. The zero-order valence-electron chi connectivity index (χ0n) is 20.3. The summed E-state index contributed by atoms with van der Waals surface area (Å²) in [7, 11) is 0. The molecule has 4 aliphatic carbocycles. The minimum Gasteiger partial charge on any atom is -0.490 e. The van der Waals surface area contributed by atoms with E-state index in [4.69, 9.17) is 9.47 Å². The molecule has 0 amide bonds. The van der Waals surface area contributed by atoms with Gasteiger partial charge in [0.25, 0.3) is 0 Å². The largest absolute Gasteiger partial charge is 0.490 e. The van der Waals surface area contributed by atoms with Crippen molar-refractivity contribution in [3.8, 4) is 5.75 Å². The van der Waals surface area contributed by atoms with Crippen LogP contribution in [0, 0.1) is 28.6 Å². The first-order chi connectivity index (χ1) is 14.7. The normalized spacial score (nSPS) is 42.2. The van der Waals surface area contributed by atoms with Crippen LogP contribution in [0.3, 0.4) is 0 Å². The van der Waals surface area contributed by atoms with Gasteiger partial charge in [-0.3, -0.25) is 0 Å². The van der Waals surface area contributed by atoms with Gasteiger partial charge in [0.05, 0.1) is 11.7 Å². The van der Waals surface area contributed by atoms with Crippen LogP contribution in [0.5, 0.6) is 5.75 Å². The van der Waals surface area contributed by atoms with Gasteiger partial charge in [0.2, 0.25) is 0 Å². The van der Waals surface area contributed by atoms with Crippen molar-refractivity contribution in [2.45, 2.75) is 104 Å². The Morgan fingerprint density at radius 3 is 2.42 bits per heavy atom. The first-order valence-corrected chi connectivity index (χ1v) is 12.8. The highest BCUT2D eigenvalue weighted by Crippen LogP contribution is 2.65. The van der Waals surface area contributed by atoms with Crippen molar-refractivity contribution in [1.29, 1.82) is 0 Å². The molecule has 170 valence electrons. The average molecular weight is 423 g/mol. The Morgan fingerprint density at radius 2 is 1.68 bits per heavy atom. The van der Waals surface area contributed by atoms with Crippen LogP contribution in [0.15, 0.2) is 42.0 Å². The number of hydrogen-bond donors (Lipinski definition) is 0. The van der Waals surface area contributed by atoms with Gasteiger partial charge in [0, 0.05) is 5.41 Å². The van der Waals surface area contributed by atoms with E-state index in [0.29, 0.717) is 23.0 Å². The zero-order chi connectivity index (χ0) is 21.9. The molecule has 0 spiro atoms. The lowest BCUT2D eigenvalue weighted by Crippen LogP contribution is -2.52. The third-order valence-electron chi connectivity index (χ3n) is 9.51. The lowest BCUT2D eigenvalue weighted by atomic mass is 9.48. The van der Waals surface area contributed by atoms with E-state index in [1.165, 1.54) is 44.9 Å². The summed E-state index contributed by atoms with van der Waals surface area (Å²) in [4.78, 5) is 0. The van der Waals surface area contributed by atoms with Gasteiger partial charge in [-0.05, 0) is 107 Å². The summed E-state index contributed by atoms with van der Waals surface area (Å²) in [6, 6.07) is 10.5. The monoisotopic (exact) mass is 422 g/mol. The second kappa shape index (κ2) is 7.65. The van der Waals surface area contributed by atoms with Gasteiger partial charge in [-0.15, -0.1) is 0 Å². The van der Waals surface area contributed by atoms with Gasteiger partial charge in [-0.1, -0.05) is 43.7 Å². The fourth-order valence-electron chi connectivity index (χ4n) is 8.04. The molecule has 4 aliphatic rings. The molecule has 7 atom stereocenters. The Morgan fingerprint density at radius 1 is 0.903 bits per heavy atom. The fraction of sp³-hybridized carbons (Fsp3) is 0.724. The maximum atomic E-state index is 6.59. The molecule has 1 aromatic rings. The maximum absolute atomic E-state index is 6.59. The number of ether oxygens (including phenoxy) is 2. The Balaban J connectivity index is 1.34. The third-order valence-corrected chi connectivity index (χ3v) is 9.51. The highest BCUT2D eigenvalue weighted by atomic mass is 16.5. The summed E-state index contributed by atoms with van der Waals surface area (Å²) >= 11 is 0. The van der Waals surface area contributed by atoms with Crippen LogP contribution >= 0.6 is 0 Å². The lowest BCUT2D eigenvalue weighted by molar-refractivity contribution is -0.0971. The molecular weight excluding hydrogens is 380 g/mol. The first kappa shape index (κ1) is 21.6. The van der Waals surface area contributed by atoms with Crippen molar-refractivity contribution in [3.05, 3.63) is 42.0 Å². The van der Waals surface area contributed by atoms with E-state index >= 15 is 0 Å². The SMILES string of the molecule is CC(C)(C)O[C@H]1CC[C@@]2(C)C(=CC[C@H]3[C@H]2CC[C@]2(C)[C@@H](Oc4ccccc4)CC[C@@H]32)C1.